The van der Waals surface area contributed by atoms with E-state index in [1.54, 1.807) is 0 Å². The Bertz CT molecular complexity index is 216. The summed E-state index contributed by atoms with van der Waals surface area (Å²) in [4.78, 5) is 0. The third kappa shape index (κ3) is 3.20. The first kappa shape index (κ1) is 9.00. The third-order valence-electron chi connectivity index (χ3n) is 1.52. The number of rotatable bonds is 2. The average molecular weight is 262 g/mol. The van der Waals surface area contributed by atoms with E-state index in [0.29, 0.717) is 0 Å². The predicted octanol–water partition coefficient (Wildman–Crippen LogP) is 2.29. The van der Waals surface area contributed by atoms with E-state index in [1.807, 2.05) is 22.6 Å². The molecule has 2 heteroatoms. The lowest BCUT2D eigenvalue weighted by atomic mass is 10.1. The zero-order valence-electron chi connectivity index (χ0n) is 6.42. The van der Waals surface area contributed by atoms with Crippen LogP contribution in [0.3, 0.4) is 0 Å². The molecule has 1 unspecified atom stereocenters. The van der Waals surface area contributed by atoms with Crippen molar-refractivity contribution < 1.29 is 5.11 Å². The Balaban J connectivity index is 2.66. The summed E-state index contributed by atoms with van der Waals surface area (Å²) in [5, 5.41) is 9.06. The summed E-state index contributed by atoms with van der Waals surface area (Å²) in [5.41, 5.74) is 2.45. The summed E-state index contributed by atoms with van der Waals surface area (Å²) < 4.78 is -0.268. The summed E-state index contributed by atoms with van der Waals surface area (Å²) in [6, 6.07) is 8.23. The standard InChI is InChI=1S/C9H11IO/c1-7-2-4-8(5-3-7)6-9(10)11/h2-5,9,11H,6H2,1H3. The van der Waals surface area contributed by atoms with Crippen LogP contribution < -0.4 is 0 Å². The summed E-state index contributed by atoms with van der Waals surface area (Å²) in [5.74, 6) is 0. The molecule has 0 aliphatic heterocycles. The van der Waals surface area contributed by atoms with Crippen LogP contribution in [0.25, 0.3) is 0 Å². The highest BCUT2D eigenvalue weighted by Gasteiger charge is 1.98. The Hall–Kier alpha value is -0.0900. The zero-order chi connectivity index (χ0) is 8.27. The van der Waals surface area contributed by atoms with Gasteiger partial charge in [-0.15, -0.1) is 0 Å². The van der Waals surface area contributed by atoms with Crippen molar-refractivity contribution in [2.75, 3.05) is 0 Å². The van der Waals surface area contributed by atoms with Gasteiger partial charge >= 0.3 is 0 Å². The topological polar surface area (TPSA) is 20.2 Å². The molecule has 1 atom stereocenters. The quantitative estimate of drug-likeness (QED) is 0.640. The van der Waals surface area contributed by atoms with E-state index in [9.17, 15) is 0 Å². The van der Waals surface area contributed by atoms with Crippen LogP contribution >= 0.6 is 22.6 Å². The number of aliphatic hydroxyl groups excluding tert-OH is 1. The Kier molecular flexibility index (Phi) is 3.33. The molecule has 1 nitrogen and oxygen atoms in total. The van der Waals surface area contributed by atoms with E-state index in [-0.39, 0.29) is 4.11 Å². The van der Waals surface area contributed by atoms with Gasteiger partial charge in [0.2, 0.25) is 0 Å². The second kappa shape index (κ2) is 4.07. The van der Waals surface area contributed by atoms with E-state index in [1.165, 1.54) is 11.1 Å². The van der Waals surface area contributed by atoms with Crippen LogP contribution in [0.1, 0.15) is 11.1 Å². The number of alkyl halides is 1. The minimum Gasteiger partial charge on any atom is -0.382 e. The summed E-state index contributed by atoms with van der Waals surface area (Å²) >= 11 is 2.01. The fourth-order valence-corrected chi connectivity index (χ4v) is 1.43. The first-order valence-corrected chi connectivity index (χ1v) is 4.81. The number of halogens is 1. The van der Waals surface area contributed by atoms with E-state index < -0.39 is 0 Å². The highest BCUT2D eigenvalue weighted by Crippen LogP contribution is 2.08. The molecule has 0 aromatic heterocycles. The fraction of sp³-hybridized carbons (Fsp3) is 0.333. The molecule has 11 heavy (non-hydrogen) atoms. The van der Waals surface area contributed by atoms with Crippen molar-refractivity contribution in [2.45, 2.75) is 17.5 Å². The summed E-state index contributed by atoms with van der Waals surface area (Å²) in [6.45, 7) is 2.06. The van der Waals surface area contributed by atoms with E-state index >= 15 is 0 Å². The fourth-order valence-electron chi connectivity index (χ4n) is 0.919. The van der Waals surface area contributed by atoms with Gasteiger partial charge in [0, 0.05) is 6.42 Å². The van der Waals surface area contributed by atoms with Crippen LogP contribution in [0.5, 0.6) is 0 Å². The maximum absolute atomic E-state index is 9.06. The molecule has 1 aromatic carbocycles. The highest BCUT2D eigenvalue weighted by atomic mass is 127. The lowest BCUT2D eigenvalue weighted by Gasteiger charge is -2.02. The lowest BCUT2D eigenvalue weighted by Crippen LogP contribution is -1.99. The van der Waals surface area contributed by atoms with Gasteiger partial charge < -0.3 is 5.11 Å². The number of hydrogen-bond acceptors (Lipinski definition) is 1. The Morgan fingerprint density at radius 2 is 1.91 bits per heavy atom. The first-order chi connectivity index (χ1) is 5.18. The number of benzene rings is 1. The minimum atomic E-state index is -0.268. The Morgan fingerprint density at radius 1 is 1.36 bits per heavy atom. The van der Waals surface area contributed by atoms with E-state index in [4.69, 9.17) is 5.11 Å². The van der Waals surface area contributed by atoms with Crippen molar-refractivity contribution >= 4 is 22.6 Å². The molecule has 0 spiro atoms. The maximum atomic E-state index is 9.06. The van der Waals surface area contributed by atoms with Crippen molar-refractivity contribution in [2.24, 2.45) is 0 Å². The molecule has 0 saturated heterocycles. The van der Waals surface area contributed by atoms with E-state index in [2.05, 4.69) is 31.2 Å². The molecule has 0 bridgehead atoms. The molecule has 1 rings (SSSR count). The van der Waals surface area contributed by atoms with Crippen LogP contribution in [-0.4, -0.2) is 9.22 Å². The van der Waals surface area contributed by atoms with Crippen molar-refractivity contribution in [3.63, 3.8) is 0 Å². The van der Waals surface area contributed by atoms with E-state index in [0.717, 1.165) is 6.42 Å². The second-order valence-electron chi connectivity index (χ2n) is 2.62. The van der Waals surface area contributed by atoms with Gasteiger partial charge in [0.05, 0.1) is 0 Å². The van der Waals surface area contributed by atoms with Gasteiger partial charge in [-0.1, -0.05) is 52.4 Å². The molecular formula is C9H11IO. The molecular weight excluding hydrogens is 251 g/mol. The van der Waals surface area contributed by atoms with Crippen LogP contribution in [0, 0.1) is 6.92 Å². The van der Waals surface area contributed by atoms with Gasteiger partial charge in [-0.05, 0) is 12.5 Å². The van der Waals surface area contributed by atoms with Crippen molar-refractivity contribution in [3.8, 4) is 0 Å². The number of aryl methyl sites for hydroxylation is 1. The Labute approximate surface area is 80.6 Å². The molecule has 0 aliphatic rings. The highest BCUT2D eigenvalue weighted by molar-refractivity contribution is 14.1. The zero-order valence-corrected chi connectivity index (χ0v) is 8.58. The summed E-state index contributed by atoms with van der Waals surface area (Å²) in [6.07, 6.45) is 0.737. The maximum Gasteiger partial charge on any atom is 0.109 e. The van der Waals surface area contributed by atoms with Gasteiger partial charge in [-0.2, -0.15) is 0 Å². The Morgan fingerprint density at radius 3 is 2.36 bits per heavy atom. The minimum absolute atomic E-state index is 0.268. The van der Waals surface area contributed by atoms with Gasteiger partial charge in [0.25, 0.3) is 0 Å². The summed E-state index contributed by atoms with van der Waals surface area (Å²) in [7, 11) is 0. The van der Waals surface area contributed by atoms with Crippen molar-refractivity contribution in [1.29, 1.82) is 0 Å². The number of aliphatic hydroxyl groups is 1. The van der Waals surface area contributed by atoms with Gasteiger partial charge in [-0.25, -0.2) is 0 Å². The van der Waals surface area contributed by atoms with Gasteiger partial charge in [0.1, 0.15) is 4.11 Å². The molecule has 60 valence electrons. The average Bonchev–Trinajstić information content (AvgIpc) is 1.93. The first-order valence-electron chi connectivity index (χ1n) is 3.56. The normalized spacial score (nSPS) is 13.0. The monoisotopic (exact) mass is 262 g/mol. The molecule has 0 radical (unpaired) electrons. The SMILES string of the molecule is Cc1ccc(CC(O)I)cc1. The third-order valence-corrected chi connectivity index (χ3v) is 1.97. The molecule has 0 saturated carbocycles. The molecule has 0 amide bonds. The molecule has 0 heterocycles. The smallest absolute Gasteiger partial charge is 0.109 e. The second-order valence-corrected chi connectivity index (χ2v) is 4.06. The molecule has 1 aromatic rings. The molecule has 0 fully saturated rings. The van der Waals surface area contributed by atoms with Crippen molar-refractivity contribution in [1.82, 2.24) is 0 Å². The van der Waals surface area contributed by atoms with Crippen LogP contribution in [0.4, 0.5) is 0 Å². The predicted molar refractivity (Wildman–Crippen MR) is 54.9 cm³/mol. The van der Waals surface area contributed by atoms with Crippen molar-refractivity contribution in [3.05, 3.63) is 35.4 Å². The molecule has 1 N–H and O–H groups in total. The van der Waals surface area contributed by atoms with Gasteiger partial charge in [0.15, 0.2) is 0 Å². The largest absolute Gasteiger partial charge is 0.382 e. The van der Waals surface area contributed by atoms with Crippen LogP contribution in [-0.2, 0) is 6.42 Å². The lowest BCUT2D eigenvalue weighted by molar-refractivity contribution is 0.280. The molecule has 0 aliphatic carbocycles. The number of hydrogen-bond donors (Lipinski definition) is 1. The van der Waals surface area contributed by atoms with Crippen LogP contribution in [0.2, 0.25) is 0 Å². The van der Waals surface area contributed by atoms with Crippen LogP contribution in [0.15, 0.2) is 24.3 Å². The van der Waals surface area contributed by atoms with Gasteiger partial charge in [-0.3, -0.25) is 0 Å².